The lowest BCUT2D eigenvalue weighted by Crippen LogP contribution is -3.00. The molecule has 68 heavy (non-hydrogen) atoms. The van der Waals surface area contributed by atoms with E-state index < -0.39 is 11.9 Å². The van der Waals surface area contributed by atoms with Crippen molar-refractivity contribution >= 4 is 92.9 Å². The number of carbonyl (C=O) groups is 4. The van der Waals surface area contributed by atoms with Gasteiger partial charge in [0.15, 0.2) is 24.8 Å². The Bertz CT molecular complexity index is 2720. The number of thioether (sulfide) groups is 2. The Balaban J connectivity index is 0.00000432. The molecule has 0 saturated heterocycles. The van der Waals surface area contributed by atoms with Gasteiger partial charge < -0.3 is 57.4 Å². The van der Waals surface area contributed by atoms with Crippen LogP contribution in [0.5, 0.6) is 0 Å². The summed E-state index contributed by atoms with van der Waals surface area (Å²) in [7, 11) is 0. The number of ether oxygens (including phenoxy) is 2. The number of pyridine rings is 2. The zero-order valence-electron chi connectivity index (χ0n) is 38.1. The van der Waals surface area contributed by atoms with Gasteiger partial charge in [-0.1, -0.05) is 47.5 Å². The number of esters is 2. The van der Waals surface area contributed by atoms with Crippen LogP contribution in [0.4, 0.5) is 0 Å². The topological polar surface area (TPSA) is 94.5 Å². The van der Waals surface area contributed by atoms with Gasteiger partial charge in [0.2, 0.25) is 22.9 Å². The van der Waals surface area contributed by atoms with Crippen LogP contribution >= 0.6 is 69.4 Å². The van der Waals surface area contributed by atoms with E-state index in [0.29, 0.717) is 53.6 Å². The summed E-state index contributed by atoms with van der Waals surface area (Å²) in [6.45, 7) is 12.1. The second kappa shape index (κ2) is 25.5. The summed E-state index contributed by atoms with van der Waals surface area (Å²) in [5.41, 5.74) is 10.0. The van der Waals surface area contributed by atoms with Crippen molar-refractivity contribution in [3.63, 3.8) is 0 Å². The van der Waals surface area contributed by atoms with Gasteiger partial charge in [-0.15, -0.1) is 46.2 Å². The van der Waals surface area contributed by atoms with Crippen molar-refractivity contribution in [1.82, 2.24) is 0 Å². The van der Waals surface area contributed by atoms with Crippen LogP contribution in [-0.4, -0.2) is 36.7 Å². The van der Waals surface area contributed by atoms with Crippen LogP contribution in [0.2, 0.25) is 10.0 Å². The molecule has 0 aliphatic heterocycles. The standard InChI is InChI=1S/C52H48Cl2N2O6S4.2HI/c1-7-61-43(57)23-41-45(55-25-31(3)20-32(4)26-55)51(65-49(41)47(59)37-12-16-39(53)17-13-37)63-29-35-10-9-11-36(22-35)30-64-52-46(56-27-33(5)21-34(6)28-56)42(24-44(58)62-8-2)50(66-52)48(60)38-14-18-40(54)19-15-38;;/h9-22,25-28H,7-8,23-24,29-30H2,1-6H3;2*1H/q+2;;/p-2. The van der Waals surface area contributed by atoms with E-state index in [4.69, 9.17) is 32.7 Å². The van der Waals surface area contributed by atoms with E-state index >= 15 is 0 Å². The third kappa shape index (κ3) is 13.8. The number of thiophene rings is 2. The monoisotopic (exact) mass is 1250 g/mol. The zero-order valence-corrected chi connectivity index (χ0v) is 47.2. The fraction of sp³-hybridized carbons (Fsp3) is 0.231. The van der Waals surface area contributed by atoms with Crippen molar-refractivity contribution in [2.24, 2.45) is 0 Å². The first-order valence-electron chi connectivity index (χ1n) is 21.3. The number of aryl methyl sites for hydroxylation is 4. The number of aromatic nitrogens is 2. The second-order valence-electron chi connectivity index (χ2n) is 15.7. The quantitative estimate of drug-likeness (QED) is 0.0332. The van der Waals surface area contributed by atoms with E-state index in [1.807, 2.05) is 67.7 Å². The summed E-state index contributed by atoms with van der Waals surface area (Å²) in [5, 5.41) is 1.05. The smallest absolute Gasteiger partial charge is 0.310 e. The molecule has 16 heteroatoms. The highest BCUT2D eigenvalue weighted by Gasteiger charge is 2.34. The van der Waals surface area contributed by atoms with Crippen molar-refractivity contribution in [3.8, 4) is 11.4 Å². The minimum Gasteiger partial charge on any atom is -1.00 e. The molecule has 7 aromatic rings. The molecule has 0 amide bonds. The summed E-state index contributed by atoms with van der Waals surface area (Å²) in [6, 6.07) is 26.1. The first-order valence-corrected chi connectivity index (χ1v) is 25.6. The number of halogens is 4. The molecule has 3 aromatic carbocycles. The predicted octanol–water partition coefficient (Wildman–Crippen LogP) is 6.17. The largest absolute Gasteiger partial charge is 1.00 e. The molecule has 0 radical (unpaired) electrons. The molecule has 0 fully saturated rings. The molecule has 0 unspecified atom stereocenters. The fourth-order valence-corrected chi connectivity index (χ4v) is 12.9. The van der Waals surface area contributed by atoms with Gasteiger partial charge in [0.25, 0.3) is 0 Å². The van der Waals surface area contributed by atoms with Crippen LogP contribution in [0.1, 0.15) is 88.8 Å². The number of benzene rings is 3. The molecule has 0 aliphatic carbocycles. The summed E-state index contributed by atoms with van der Waals surface area (Å²) in [6.07, 6.45) is 7.93. The molecule has 0 spiro atoms. The van der Waals surface area contributed by atoms with Gasteiger partial charge in [-0.3, -0.25) is 19.2 Å². The Morgan fingerprint density at radius 3 is 1.24 bits per heavy atom. The third-order valence-electron chi connectivity index (χ3n) is 10.3. The van der Waals surface area contributed by atoms with E-state index in [0.717, 1.165) is 53.2 Å². The van der Waals surface area contributed by atoms with Gasteiger partial charge in [-0.2, -0.15) is 9.13 Å². The van der Waals surface area contributed by atoms with Crippen LogP contribution < -0.4 is 57.1 Å². The molecule has 354 valence electrons. The normalized spacial score (nSPS) is 10.8. The molecule has 8 nitrogen and oxygen atoms in total. The summed E-state index contributed by atoms with van der Waals surface area (Å²) >= 11 is 18.4. The molecular weight excluding hydrogens is 1200 g/mol. The van der Waals surface area contributed by atoms with Crippen molar-refractivity contribution in [2.45, 2.75) is 74.3 Å². The van der Waals surface area contributed by atoms with Crippen molar-refractivity contribution in [3.05, 3.63) is 185 Å². The van der Waals surface area contributed by atoms with Crippen molar-refractivity contribution in [2.75, 3.05) is 13.2 Å². The molecule has 0 bridgehead atoms. The highest BCUT2D eigenvalue weighted by Crippen LogP contribution is 2.42. The maximum Gasteiger partial charge on any atom is 0.310 e. The van der Waals surface area contributed by atoms with E-state index in [1.54, 1.807) is 85.9 Å². The van der Waals surface area contributed by atoms with Gasteiger partial charge >= 0.3 is 11.9 Å². The van der Waals surface area contributed by atoms with Crippen molar-refractivity contribution in [1.29, 1.82) is 0 Å². The van der Waals surface area contributed by atoms with Gasteiger partial charge in [-0.25, -0.2) is 0 Å². The number of nitrogens with zero attached hydrogens (tertiary/aromatic N) is 2. The lowest BCUT2D eigenvalue weighted by atomic mass is 10.0. The molecule has 7 rings (SSSR count). The fourth-order valence-electron chi connectivity index (χ4n) is 7.64. The lowest BCUT2D eigenvalue weighted by Gasteiger charge is -2.08. The predicted molar refractivity (Wildman–Crippen MR) is 267 cm³/mol. The van der Waals surface area contributed by atoms with Crippen molar-refractivity contribution < 1.29 is 85.7 Å². The first kappa shape index (κ1) is 55.3. The Hall–Kier alpha value is -3.62. The number of ketones is 2. The average molecular weight is 1250 g/mol. The van der Waals surface area contributed by atoms with Crippen LogP contribution in [-0.2, 0) is 43.4 Å². The number of rotatable bonds is 18. The van der Waals surface area contributed by atoms with Crippen LogP contribution in [0, 0.1) is 27.7 Å². The van der Waals surface area contributed by atoms with Gasteiger partial charge in [-0.05, 0) is 113 Å². The van der Waals surface area contributed by atoms with Gasteiger partial charge in [0, 0.05) is 54.9 Å². The number of hydrogen-bond acceptors (Lipinski definition) is 10. The highest BCUT2D eigenvalue weighted by molar-refractivity contribution is 8.00. The first-order chi connectivity index (χ1) is 31.7. The summed E-state index contributed by atoms with van der Waals surface area (Å²) < 4.78 is 16.7. The van der Waals surface area contributed by atoms with Crippen LogP contribution in [0.15, 0.2) is 118 Å². The van der Waals surface area contributed by atoms with E-state index in [1.165, 1.54) is 22.7 Å². The number of hydrogen-bond donors (Lipinski definition) is 0. The Kier molecular flexibility index (Phi) is 20.7. The molecule has 4 aromatic heterocycles. The third-order valence-corrected chi connectivity index (χ3v) is 15.9. The second-order valence-corrected chi connectivity index (χ2v) is 21.1. The average Bonchev–Trinajstić information content (AvgIpc) is 3.82. The Labute approximate surface area is 458 Å². The van der Waals surface area contributed by atoms with Crippen LogP contribution in [0.25, 0.3) is 11.4 Å². The summed E-state index contributed by atoms with van der Waals surface area (Å²) in [5.74, 6) is -0.0410. The molecular formula is C52H48Cl2I2N2O6S4. The van der Waals surface area contributed by atoms with E-state index in [9.17, 15) is 19.2 Å². The Morgan fingerprint density at radius 1 is 0.544 bits per heavy atom. The SMILES string of the molecule is CCOC(=O)Cc1c(C(=O)c2ccc(Cl)cc2)sc(SCc2cccc(CSc3sc(C(=O)c4ccc(Cl)cc4)c(CC(=O)OCC)c3-[n+]3cc(C)cc(C)c3)c2)c1-[n+]1cc(C)cc(C)c1.[I-].[I-]. The molecule has 0 aliphatic rings. The molecule has 0 atom stereocenters. The molecule has 0 N–H and O–H groups in total. The van der Waals surface area contributed by atoms with E-state index in [2.05, 4.69) is 30.3 Å². The minimum absolute atomic E-state index is 0. The maximum atomic E-state index is 14.3. The Morgan fingerprint density at radius 2 is 0.897 bits per heavy atom. The number of carbonyl (C=O) groups excluding carboxylic acids is 4. The summed E-state index contributed by atoms with van der Waals surface area (Å²) in [4.78, 5) is 55.9. The highest BCUT2D eigenvalue weighted by atomic mass is 127. The minimum atomic E-state index is -0.409. The zero-order chi connectivity index (χ0) is 47.1. The molecule has 4 heterocycles. The lowest BCUT2D eigenvalue weighted by molar-refractivity contribution is -0.599. The van der Waals surface area contributed by atoms with Crippen LogP contribution in [0.3, 0.4) is 0 Å². The van der Waals surface area contributed by atoms with E-state index in [-0.39, 0.29) is 85.6 Å². The maximum absolute atomic E-state index is 14.3. The van der Waals surface area contributed by atoms with Gasteiger partial charge in [0.05, 0.1) is 46.9 Å². The molecule has 0 saturated carbocycles. The van der Waals surface area contributed by atoms with Gasteiger partial charge in [0.1, 0.15) is 8.42 Å².